The van der Waals surface area contributed by atoms with Crippen LogP contribution in [0.5, 0.6) is 0 Å². The summed E-state index contributed by atoms with van der Waals surface area (Å²) in [5.41, 5.74) is 0.338. The van der Waals surface area contributed by atoms with Crippen LogP contribution in [0.3, 0.4) is 0 Å². The summed E-state index contributed by atoms with van der Waals surface area (Å²) in [4.78, 5) is 21.1. The van der Waals surface area contributed by atoms with Crippen LogP contribution in [-0.2, 0) is 9.53 Å². The van der Waals surface area contributed by atoms with Gasteiger partial charge in [0.05, 0.1) is 12.8 Å². The third kappa shape index (κ3) is 3.94. The van der Waals surface area contributed by atoms with Crippen molar-refractivity contribution in [2.45, 2.75) is 0 Å². The summed E-state index contributed by atoms with van der Waals surface area (Å²) < 4.78 is 17.7. The average molecular weight is 239 g/mol. The topological polar surface area (TPSA) is 75.6 Å². The lowest BCUT2D eigenvalue weighted by molar-refractivity contribution is -0.131. The van der Waals surface area contributed by atoms with Crippen molar-refractivity contribution >= 4 is 23.8 Å². The lowest BCUT2D eigenvalue weighted by Gasteiger charge is -2.05. The number of ether oxygens (including phenoxy) is 1. The first-order valence-electron chi connectivity index (χ1n) is 4.58. The number of carbonyl (C=O) groups excluding carboxylic acids is 1. The third-order valence-electron chi connectivity index (χ3n) is 1.83. The van der Waals surface area contributed by atoms with E-state index in [0.29, 0.717) is 5.56 Å². The van der Waals surface area contributed by atoms with E-state index in [-0.39, 0.29) is 5.69 Å². The molecule has 17 heavy (non-hydrogen) atoms. The molecule has 0 spiro atoms. The number of nitrogens with one attached hydrogen (secondary N) is 1. The van der Waals surface area contributed by atoms with Crippen LogP contribution in [0.25, 0.3) is 6.08 Å². The van der Waals surface area contributed by atoms with Crippen molar-refractivity contribution in [2.75, 3.05) is 12.4 Å². The molecule has 0 fully saturated rings. The molecule has 6 heteroatoms. The summed E-state index contributed by atoms with van der Waals surface area (Å²) in [6, 6.07) is 3.88. The highest BCUT2D eigenvalue weighted by molar-refractivity contribution is 5.86. The van der Waals surface area contributed by atoms with Crippen LogP contribution >= 0.6 is 0 Å². The highest BCUT2D eigenvalue weighted by atomic mass is 19.1. The standard InChI is InChI=1S/C11H10FNO4/c1-17-11(16)13-9-4-2-7(6-8(9)12)3-5-10(14)15/h2-6H,1H3,(H,13,16)(H,14,15)/b5-3+. The minimum absolute atomic E-state index is 0.0377. The number of carboxylic acid groups (broad SMARTS) is 1. The van der Waals surface area contributed by atoms with Gasteiger partial charge >= 0.3 is 12.1 Å². The molecule has 90 valence electrons. The Balaban J connectivity index is 2.86. The van der Waals surface area contributed by atoms with Gasteiger partial charge in [-0.25, -0.2) is 14.0 Å². The molecule has 1 aromatic carbocycles. The molecular weight excluding hydrogens is 229 g/mol. The number of carbonyl (C=O) groups is 2. The van der Waals surface area contributed by atoms with Crippen molar-refractivity contribution < 1.29 is 23.8 Å². The maximum absolute atomic E-state index is 13.4. The molecule has 1 amide bonds. The molecule has 0 aliphatic carbocycles. The Hall–Kier alpha value is -2.37. The van der Waals surface area contributed by atoms with E-state index in [1.165, 1.54) is 18.2 Å². The quantitative estimate of drug-likeness (QED) is 0.792. The average Bonchev–Trinajstić information content (AvgIpc) is 2.29. The molecule has 0 bridgehead atoms. The number of hydrogen-bond donors (Lipinski definition) is 2. The minimum atomic E-state index is -1.12. The minimum Gasteiger partial charge on any atom is -0.478 e. The molecule has 0 aliphatic heterocycles. The van der Waals surface area contributed by atoms with Gasteiger partial charge < -0.3 is 9.84 Å². The van der Waals surface area contributed by atoms with E-state index in [1.807, 2.05) is 0 Å². The van der Waals surface area contributed by atoms with E-state index in [2.05, 4.69) is 10.1 Å². The molecule has 2 N–H and O–H groups in total. The number of halogens is 1. The summed E-state index contributed by atoms with van der Waals surface area (Å²) >= 11 is 0. The second kappa shape index (κ2) is 5.64. The van der Waals surface area contributed by atoms with Crippen molar-refractivity contribution in [3.8, 4) is 0 Å². The second-order valence-electron chi connectivity index (χ2n) is 3.03. The Morgan fingerprint density at radius 1 is 1.47 bits per heavy atom. The maximum Gasteiger partial charge on any atom is 0.411 e. The van der Waals surface area contributed by atoms with E-state index in [0.717, 1.165) is 19.3 Å². The molecule has 0 saturated heterocycles. The predicted molar refractivity (Wildman–Crippen MR) is 59.1 cm³/mol. The zero-order valence-corrected chi connectivity index (χ0v) is 8.94. The maximum atomic E-state index is 13.4. The summed E-state index contributed by atoms with van der Waals surface area (Å²) in [6.07, 6.45) is 1.35. The van der Waals surface area contributed by atoms with E-state index in [9.17, 15) is 14.0 Å². The zero-order chi connectivity index (χ0) is 12.8. The summed E-state index contributed by atoms with van der Waals surface area (Å²) in [5, 5.41) is 10.6. The van der Waals surface area contributed by atoms with Gasteiger partial charge in [0.2, 0.25) is 0 Å². The Labute approximate surface area is 96.5 Å². The second-order valence-corrected chi connectivity index (χ2v) is 3.03. The molecule has 0 heterocycles. The van der Waals surface area contributed by atoms with Crippen LogP contribution in [0, 0.1) is 5.82 Å². The molecule has 1 aromatic rings. The number of benzene rings is 1. The summed E-state index contributed by atoms with van der Waals surface area (Å²) in [5.74, 6) is -1.80. The molecule has 1 rings (SSSR count). The van der Waals surface area contributed by atoms with Crippen LogP contribution in [0.4, 0.5) is 14.9 Å². The van der Waals surface area contributed by atoms with Gasteiger partial charge in [-0.2, -0.15) is 0 Å². The van der Waals surface area contributed by atoms with E-state index in [1.54, 1.807) is 0 Å². The van der Waals surface area contributed by atoms with Crippen LogP contribution in [-0.4, -0.2) is 24.3 Å². The fraction of sp³-hybridized carbons (Fsp3) is 0.0909. The van der Waals surface area contributed by atoms with Crippen LogP contribution < -0.4 is 5.32 Å². The number of anilines is 1. The molecular formula is C11H10FNO4. The van der Waals surface area contributed by atoms with E-state index >= 15 is 0 Å². The Morgan fingerprint density at radius 2 is 2.18 bits per heavy atom. The molecule has 0 atom stereocenters. The number of methoxy groups -OCH3 is 1. The first-order chi connectivity index (χ1) is 8.02. The Kier molecular flexibility index (Phi) is 4.21. The van der Waals surface area contributed by atoms with Crippen molar-refractivity contribution in [2.24, 2.45) is 0 Å². The first kappa shape index (κ1) is 12.7. The Bertz CT molecular complexity index is 471. The van der Waals surface area contributed by atoms with Gasteiger partial charge in [-0.1, -0.05) is 6.07 Å². The van der Waals surface area contributed by atoms with Crippen LogP contribution in [0.15, 0.2) is 24.3 Å². The smallest absolute Gasteiger partial charge is 0.411 e. The van der Waals surface area contributed by atoms with Gasteiger partial charge in [0, 0.05) is 6.08 Å². The lowest BCUT2D eigenvalue weighted by atomic mass is 10.2. The normalized spacial score (nSPS) is 10.2. The molecule has 0 aliphatic rings. The highest BCUT2D eigenvalue weighted by Gasteiger charge is 2.06. The van der Waals surface area contributed by atoms with Gasteiger partial charge in [0.1, 0.15) is 5.82 Å². The SMILES string of the molecule is COC(=O)Nc1ccc(/C=C/C(=O)O)cc1F. The van der Waals surface area contributed by atoms with Gasteiger partial charge in [0.25, 0.3) is 0 Å². The number of carboxylic acids is 1. The lowest BCUT2D eigenvalue weighted by Crippen LogP contribution is -2.12. The van der Waals surface area contributed by atoms with E-state index in [4.69, 9.17) is 5.11 Å². The fourth-order valence-corrected chi connectivity index (χ4v) is 1.06. The third-order valence-corrected chi connectivity index (χ3v) is 1.83. The van der Waals surface area contributed by atoms with Crippen LogP contribution in [0.1, 0.15) is 5.56 Å². The number of aliphatic carboxylic acids is 1. The molecule has 0 radical (unpaired) electrons. The molecule has 0 aromatic heterocycles. The number of amides is 1. The van der Waals surface area contributed by atoms with Gasteiger partial charge in [-0.15, -0.1) is 0 Å². The van der Waals surface area contributed by atoms with E-state index < -0.39 is 17.9 Å². The monoisotopic (exact) mass is 239 g/mol. The number of hydrogen-bond acceptors (Lipinski definition) is 3. The van der Waals surface area contributed by atoms with Crippen LogP contribution in [0.2, 0.25) is 0 Å². The molecule has 0 saturated carbocycles. The summed E-state index contributed by atoms with van der Waals surface area (Å²) in [7, 11) is 1.16. The Morgan fingerprint density at radius 3 is 2.71 bits per heavy atom. The van der Waals surface area contributed by atoms with Gasteiger partial charge in [-0.05, 0) is 23.8 Å². The predicted octanol–water partition coefficient (Wildman–Crippen LogP) is 2.10. The van der Waals surface area contributed by atoms with Gasteiger partial charge in [-0.3, -0.25) is 5.32 Å². The van der Waals surface area contributed by atoms with Crippen molar-refractivity contribution in [3.05, 3.63) is 35.7 Å². The molecule has 5 nitrogen and oxygen atoms in total. The fourth-order valence-electron chi connectivity index (χ4n) is 1.06. The first-order valence-corrected chi connectivity index (χ1v) is 4.58. The highest BCUT2D eigenvalue weighted by Crippen LogP contribution is 2.16. The van der Waals surface area contributed by atoms with Crippen molar-refractivity contribution in [3.63, 3.8) is 0 Å². The number of rotatable bonds is 3. The van der Waals surface area contributed by atoms with Crippen molar-refractivity contribution in [1.82, 2.24) is 0 Å². The molecule has 0 unspecified atom stereocenters. The summed E-state index contributed by atoms with van der Waals surface area (Å²) in [6.45, 7) is 0. The van der Waals surface area contributed by atoms with Crippen molar-refractivity contribution in [1.29, 1.82) is 0 Å². The van der Waals surface area contributed by atoms with Gasteiger partial charge in [0.15, 0.2) is 0 Å². The zero-order valence-electron chi connectivity index (χ0n) is 8.94. The largest absolute Gasteiger partial charge is 0.478 e.